The van der Waals surface area contributed by atoms with Crippen molar-refractivity contribution in [2.45, 2.75) is 6.92 Å². The highest BCUT2D eigenvalue weighted by Gasteiger charge is 2.19. The van der Waals surface area contributed by atoms with Crippen LogP contribution >= 0.6 is 0 Å². The van der Waals surface area contributed by atoms with E-state index in [2.05, 4.69) is 0 Å². The molecule has 3 N–H and O–H groups in total. The standard InChI is InChI=1S/C14H12O5/c1-6-12-10(5-11(18-2)14(6)17)19-9-4-7(15)3-8(16)13(9)12/h3-5,15-17H,1-2H3. The molecule has 0 aliphatic rings. The first kappa shape index (κ1) is 11.5. The van der Waals surface area contributed by atoms with Gasteiger partial charge in [0.15, 0.2) is 11.5 Å². The first-order valence-corrected chi connectivity index (χ1v) is 5.67. The number of phenols is 3. The molecule has 3 rings (SSSR count). The summed E-state index contributed by atoms with van der Waals surface area (Å²) in [6, 6.07) is 4.20. The average Bonchev–Trinajstić information content (AvgIpc) is 2.72. The fourth-order valence-corrected chi connectivity index (χ4v) is 2.33. The number of methoxy groups -OCH3 is 1. The van der Waals surface area contributed by atoms with Gasteiger partial charge in [0.1, 0.15) is 22.7 Å². The SMILES string of the molecule is COc1cc2oc3cc(O)cc(O)c3c2c(C)c1O. The van der Waals surface area contributed by atoms with Crippen LogP contribution in [0.3, 0.4) is 0 Å². The van der Waals surface area contributed by atoms with Gasteiger partial charge >= 0.3 is 0 Å². The Balaban J connectivity index is 2.56. The minimum Gasteiger partial charge on any atom is -0.508 e. The number of aromatic hydroxyl groups is 3. The predicted octanol–water partition coefficient (Wildman–Crippen LogP) is 3.02. The van der Waals surface area contributed by atoms with Crippen LogP contribution in [-0.2, 0) is 0 Å². The smallest absolute Gasteiger partial charge is 0.164 e. The fourth-order valence-electron chi connectivity index (χ4n) is 2.33. The Labute approximate surface area is 108 Å². The number of hydrogen-bond acceptors (Lipinski definition) is 5. The zero-order valence-electron chi connectivity index (χ0n) is 10.4. The molecule has 0 spiro atoms. The molecule has 3 aromatic rings. The van der Waals surface area contributed by atoms with E-state index in [4.69, 9.17) is 9.15 Å². The summed E-state index contributed by atoms with van der Waals surface area (Å²) in [5.74, 6) is 0.122. The highest BCUT2D eigenvalue weighted by atomic mass is 16.5. The predicted molar refractivity (Wildman–Crippen MR) is 70.0 cm³/mol. The molecule has 0 amide bonds. The molecule has 0 aliphatic carbocycles. The van der Waals surface area contributed by atoms with Crippen molar-refractivity contribution in [3.05, 3.63) is 23.8 Å². The molecule has 0 radical (unpaired) electrons. The third-order valence-corrected chi connectivity index (χ3v) is 3.23. The molecule has 98 valence electrons. The maximum Gasteiger partial charge on any atom is 0.164 e. The largest absolute Gasteiger partial charge is 0.508 e. The summed E-state index contributed by atoms with van der Waals surface area (Å²) < 4.78 is 10.6. The summed E-state index contributed by atoms with van der Waals surface area (Å²) in [4.78, 5) is 0. The third kappa shape index (κ3) is 1.48. The van der Waals surface area contributed by atoms with Gasteiger partial charge in [-0.25, -0.2) is 0 Å². The lowest BCUT2D eigenvalue weighted by Crippen LogP contribution is -1.86. The molecule has 0 saturated carbocycles. The van der Waals surface area contributed by atoms with Gasteiger partial charge in [-0.2, -0.15) is 0 Å². The summed E-state index contributed by atoms with van der Waals surface area (Å²) >= 11 is 0. The van der Waals surface area contributed by atoms with Crippen molar-refractivity contribution < 1.29 is 24.5 Å². The number of ether oxygens (including phenoxy) is 1. The van der Waals surface area contributed by atoms with E-state index in [-0.39, 0.29) is 17.2 Å². The van der Waals surface area contributed by atoms with Crippen LogP contribution in [0.5, 0.6) is 23.0 Å². The molecule has 0 bridgehead atoms. The van der Waals surface area contributed by atoms with Crippen molar-refractivity contribution in [3.8, 4) is 23.0 Å². The van der Waals surface area contributed by atoms with Crippen LogP contribution in [0, 0.1) is 6.92 Å². The lowest BCUT2D eigenvalue weighted by Gasteiger charge is -2.06. The minimum absolute atomic E-state index is 0.00479. The van der Waals surface area contributed by atoms with Crippen LogP contribution in [0.4, 0.5) is 0 Å². The molecule has 0 unspecified atom stereocenters. The number of fused-ring (bicyclic) bond motifs is 3. The maximum atomic E-state index is 10.0. The number of phenolic OH excluding ortho intramolecular Hbond substituents is 3. The molecular weight excluding hydrogens is 248 g/mol. The van der Waals surface area contributed by atoms with Crippen LogP contribution in [0.25, 0.3) is 21.9 Å². The van der Waals surface area contributed by atoms with Gasteiger partial charge in [0.2, 0.25) is 0 Å². The van der Waals surface area contributed by atoms with Gasteiger partial charge in [-0.05, 0) is 6.92 Å². The van der Waals surface area contributed by atoms with E-state index in [1.54, 1.807) is 13.0 Å². The van der Waals surface area contributed by atoms with Crippen LogP contribution in [0.15, 0.2) is 22.6 Å². The Morgan fingerprint density at radius 1 is 1.00 bits per heavy atom. The first-order chi connectivity index (χ1) is 9.02. The van der Waals surface area contributed by atoms with E-state index in [0.29, 0.717) is 33.3 Å². The Kier molecular flexibility index (Phi) is 2.25. The van der Waals surface area contributed by atoms with Gasteiger partial charge in [-0.15, -0.1) is 0 Å². The number of hydrogen-bond donors (Lipinski definition) is 3. The highest BCUT2D eigenvalue weighted by molar-refractivity contribution is 6.11. The van der Waals surface area contributed by atoms with Gasteiger partial charge < -0.3 is 24.5 Å². The zero-order valence-corrected chi connectivity index (χ0v) is 10.4. The molecule has 0 aliphatic heterocycles. The molecule has 0 fully saturated rings. The molecule has 19 heavy (non-hydrogen) atoms. The summed E-state index contributed by atoms with van der Waals surface area (Å²) in [5.41, 5.74) is 1.38. The second-order valence-electron chi connectivity index (χ2n) is 4.37. The number of rotatable bonds is 1. The van der Waals surface area contributed by atoms with E-state index in [1.165, 1.54) is 19.2 Å². The highest BCUT2D eigenvalue weighted by Crippen LogP contribution is 2.44. The van der Waals surface area contributed by atoms with Gasteiger partial charge in [0.05, 0.1) is 12.5 Å². The topological polar surface area (TPSA) is 83.1 Å². The second kappa shape index (κ2) is 3.71. The van der Waals surface area contributed by atoms with Gasteiger partial charge in [-0.1, -0.05) is 0 Å². The maximum absolute atomic E-state index is 10.0. The third-order valence-electron chi connectivity index (χ3n) is 3.23. The van der Waals surface area contributed by atoms with Crippen molar-refractivity contribution in [2.24, 2.45) is 0 Å². The van der Waals surface area contributed by atoms with E-state index in [0.717, 1.165) is 0 Å². The van der Waals surface area contributed by atoms with Crippen molar-refractivity contribution in [1.82, 2.24) is 0 Å². The quantitative estimate of drug-likeness (QED) is 0.626. The molecule has 5 heteroatoms. The van der Waals surface area contributed by atoms with Crippen molar-refractivity contribution in [1.29, 1.82) is 0 Å². The van der Waals surface area contributed by atoms with E-state index < -0.39 is 0 Å². The molecular formula is C14H12O5. The van der Waals surface area contributed by atoms with Crippen molar-refractivity contribution in [3.63, 3.8) is 0 Å². The van der Waals surface area contributed by atoms with Crippen LogP contribution in [0.2, 0.25) is 0 Å². The van der Waals surface area contributed by atoms with Crippen molar-refractivity contribution in [2.75, 3.05) is 7.11 Å². The summed E-state index contributed by atoms with van der Waals surface area (Å²) in [6.07, 6.45) is 0. The number of furan rings is 1. The summed E-state index contributed by atoms with van der Waals surface area (Å²) in [7, 11) is 1.45. The zero-order chi connectivity index (χ0) is 13.7. The van der Waals surface area contributed by atoms with E-state index in [1.807, 2.05) is 0 Å². The fraction of sp³-hybridized carbons (Fsp3) is 0.143. The molecule has 0 saturated heterocycles. The number of benzene rings is 2. The first-order valence-electron chi connectivity index (χ1n) is 5.67. The van der Waals surface area contributed by atoms with Gasteiger partial charge in [-0.3, -0.25) is 0 Å². The Morgan fingerprint density at radius 3 is 2.37 bits per heavy atom. The lowest BCUT2D eigenvalue weighted by atomic mass is 10.1. The lowest BCUT2D eigenvalue weighted by molar-refractivity contribution is 0.372. The Hall–Kier alpha value is -2.56. The normalized spacial score (nSPS) is 11.3. The Morgan fingerprint density at radius 2 is 1.68 bits per heavy atom. The van der Waals surface area contributed by atoms with Gasteiger partial charge in [0.25, 0.3) is 0 Å². The monoisotopic (exact) mass is 260 g/mol. The second-order valence-corrected chi connectivity index (χ2v) is 4.37. The summed E-state index contributed by atoms with van der Waals surface area (Å²) in [6.45, 7) is 1.71. The summed E-state index contributed by atoms with van der Waals surface area (Å²) in [5, 5.41) is 30.5. The Bertz CT molecular complexity index is 801. The van der Waals surface area contributed by atoms with E-state index in [9.17, 15) is 15.3 Å². The van der Waals surface area contributed by atoms with E-state index >= 15 is 0 Å². The van der Waals surface area contributed by atoms with Crippen molar-refractivity contribution >= 4 is 21.9 Å². The van der Waals surface area contributed by atoms with Crippen LogP contribution in [-0.4, -0.2) is 22.4 Å². The molecule has 1 aromatic heterocycles. The minimum atomic E-state index is -0.0959. The van der Waals surface area contributed by atoms with Crippen LogP contribution < -0.4 is 4.74 Å². The average molecular weight is 260 g/mol. The van der Waals surface area contributed by atoms with Crippen LogP contribution in [0.1, 0.15) is 5.56 Å². The molecule has 2 aromatic carbocycles. The molecule has 1 heterocycles. The molecule has 5 nitrogen and oxygen atoms in total. The van der Waals surface area contributed by atoms with Gasteiger partial charge in [0, 0.05) is 29.1 Å². The number of aryl methyl sites for hydroxylation is 1. The molecule has 0 atom stereocenters.